The maximum absolute atomic E-state index is 12.8. The Morgan fingerprint density at radius 3 is 2.35 bits per heavy atom. The number of nitrogens with one attached hydrogen (secondary N) is 2. The van der Waals surface area contributed by atoms with E-state index in [1.54, 1.807) is 36.8 Å². The first-order chi connectivity index (χ1) is 16.1. The number of H-pyrrole nitrogens is 1. The number of carbonyl (C=O) groups is 2. The molecule has 3 N–H and O–H groups in total. The molecule has 0 aliphatic heterocycles. The first-order valence-electron chi connectivity index (χ1n) is 9.76. The average Bonchev–Trinajstić information content (AvgIpc) is 3.32. The molecule has 0 saturated heterocycles. The van der Waals surface area contributed by atoms with E-state index in [4.69, 9.17) is 9.90 Å². The molecule has 0 radical (unpaired) electrons. The second-order valence-electron chi connectivity index (χ2n) is 6.93. The van der Waals surface area contributed by atoms with Crippen molar-refractivity contribution in [2.24, 2.45) is 0 Å². The van der Waals surface area contributed by atoms with Crippen LogP contribution in [0.1, 0.15) is 22.2 Å². The van der Waals surface area contributed by atoms with Crippen molar-refractivity contribution >= 4 is 22.8 Å². The number of aliphatic carboxylic acids is 1. The van der Waals surface area contributed by atoms with Crippen molar-refractivity contribution in [3.8, 4) is 0 Å². The lowest BCUT2D eigenvalue weighted by atomic mass is 10.1. The van der Waals surface area contributed by atoms with Gasteiger partial charge < -0.3 is 20.0 Å². The Kier molecular flexibility index (Phi) is 7.41. The summed E-state index contributed by atoms with van der Waals surface area (Å²) in [7, 11) is 0. The molecule has 1 atom stereocenters. The minimum atomic E-state index is -5.08. The quantitative estimate of drug-likeness (QED) is 0.409. The molecule has 4 rings (SSSR count). The fraction of sp³-hybridized carbons (Fsp3) is 0.136. The van der Waals surface area contributed by atoms with E-state index >= 15 is 0 Å². The van der Waals surface area contributed by atoms with Crippen molar-refractivity contribution in [2.45, 2.75) is 18.8 Å². The predicted octanol–water partition coefficient (Wildman–Crippen LogP) is 2.92. The summed E-state index contributed by atoms with van der Waals surface area (Å²) in [6.45, 7) is 0.508. The van der Waals surface area contributed by atoms with Crippen LogP contribution in [0.4, 0.5) is 13.2 Å². The highest BCUT2D eigenvalue weighted by Crippen LogP contribution is 2.16. The van der Waals surface area contributed by atoms with Crippen molar-refractivity contribution in [1.29, 1.82) is 0 Å². The molecule has 12 heteroatoms. The summed E-state index contributed by atoms with van der Waals surface area (Å²) in [5.41, 5.74) is 1.09. The summed E-state index contributed by atoms with van der Waals surface area (Å²) in [5, 5.41) is 10.5. The van der Waals surface area contributed by atoms with Crippen LogP contribution in [0.25, 0.3) is 10.9 Å². The molecule has 2 aromatic carbocycles. The van der Waals surface area contributed by atoms with Crippen LogP contribution in [0, 0.1) is 0 Å². The largest absolute Gasteiger partial charge is 0.490 e. The minimum absolute atomic E-state index is 0.00902. The number of aromatic amines is 1. The molecule has 2 heterocycles. The molecule has 0 spiro atoms. The number of fused-ring (bicyclic) bond motifs is 1. The fourth-order valence-corrected chi connectivity index (χ4v) is 2.95. The minimum Gasteiger partial charge on any atom is -0.475 e. The standard InChI is InChI=1S/C20H17N5O2.C2HF3O2/c26-19-15-8-4-5-9-16(15)22-18(24-19)20(27)23-17(12-25-11-10-21-13-25)14-6-2-1-3-7-14;3-2(4,5)1(6)7/h1-11,13,17H,12H2,(H,23,27)(H,22,24,26);(H,6,7). The van der Waals surface area contributed by atoms with Crippen LogP contribution in [0.2, 0.25) is 0 Å². The normalized spacial score (nSPS) is 11.9. The van der Waals surface area contributed by atoms with Crippen LogP contribution in [-0.2, 0) is 11.3 Å². The molecule has 34 heavy (non-hydrogen) atoms. The van der Waals surface area contributed by atoms with Crippen molar-refractivity contribution in [2.75, 3.05) is 0 Å². The van der Waals surface area contributed by atoms with E-state index in [0.29, 0.717) is 17.4 Å². The molecular weight excluding hydrogens is 455 g/mol. The molecule has 0 bridgehead atoms. The molecule has 0 fully saturated rings. The SMILES string of the molecule is O=C(NC(Cn1ccnc1)c1ccccc1)c1nc2ccccc2c(=O)[nH]1.O=C(O)C(F)(F)F. The zero-order chi connectivity index (χ0) is 24.7. The van der Waals surface area contributed by atoms with Crippen molar-refractivity contribution in [3.05, 3.63) is 95.1 Å². The number of halogens is 3. The van der Waals surface area contributed by atoms with Gasteiger partial charge in [0.05, 0.1) is 23.3 Å². The Hall–Kier alpha value is -4.48. The molecule has 2 aromatic heterocycles. The number of para-hydroxylation sites is 1. The van der Waals surface area contributed by atoms with Gasteiger partial charge in [-0.05, 0) is 17.7 Å². The Morgan fingerprint density at radius 2 is 1.74 bits per heavy atom. The lowest BCUT2D eigenvalue weighted by molar-refractivity contribution is -0.192. The predicted molar refractivity (Wildman–Crippen MR) is 115 cm³/mol. The van der Waals surface area contributed by atoms with Gasteiger partial charge in [-0.2, -0.15) is 13.2 Å². The van der Waals surface area contributed by atoms with Crippen LogP contribution < -0.4 is 10.9 Å². The lowest BCUT2D eigenvalue weighted by Crippen LogP contribution is -2.33. The van der Waals surface area contributed by atoms with Gasteiger partial charge in [0, 0.05) is 18.9 Å². The van der Waals surface area contributed by atoms with Gasteiger partial charge in [0.25, 0.3) is 11.5 Å². The van der Waals surface area contributed by atoms with Gasteiger partial charge in [0.15, 0.2) is 5.82 Å². The van der Waals surface area contributed by atoms with E-state index in [1.807, 2.05) is 41.1 Å². The summed E-state index contributed by atoms with van der Waals surface area (Å²) < 4.78 is 33.6. The number of hydrogen-bond donors (Lipinski definition) is 3. The second kappa shape index (κ2) is 10.4. The molecule has 1 amide bonds. The zero-order valence-electron chi connectivity index (χ0n) is 17.4. The van der Waals surface area contributed by atoms with Gasteiger partial charge in [-0.1, -0.05) is 42.5 Å². The summed E-state index contributed by atoms with van der Waals surface area (Å²) in [4.78, 5) is 44.8. The average molecular weight is 473 g/mol. The molecular formula is C22H18F3N5O4. The van der Waals surface area contributed by atoms with Gasteiger partial charge in [-0.15, -0.1) is 0 Å². The molecule has 0 aliphatic carbocycles. The van der Waals surface area contributed by atoms with E-state index in [2.05, 4.69) is 20.3 Å². The first kappa shape index (κ1) is 24.2. The molecule has 1 unspecified atom stereocenters. The topological polar surface area (TPSA) is 130 Å². The van der Waals surface area contributed by atoms with E-state index in [0.717, 1.165) is 5.56 Å². The van der Waals surface area contributed by atoms with E-state index in [9.17, 15) is 22.8 Å². The number of carboxylic acids is 1. The summed E-state index contributed by atoms with van der Waals surface area (Å²) in [5.74, 6) is -3.20. The summed E-state index contributed by atoms with van der Waals surface area (Å²) in [6, 6.07) is 16.3. The Bertz CT molecular complexity index is 1320. The molecule has 176 valence electrons. The lowest BCUT2D eigenvalue weighted by Gasteiger charge is -2.19. The summed E-state index contributed by atoms with van der Waals surface area (Å²) in [6.07, 6.45) is 0.128. The van der Waals surface area contributed by atoms with Crippen molar-refractivity contribution in [3.63, 3.8) is 0 Å². The number of nitrogens with zero attached hydrogens (tertiary/aromatic N) is 3. The number of amides is 1. The number of imidazole rings is 1. The number of hydrogen-bond acceptors (Lipinski definition) is 5. The molecule has 0 saturated carbocycles. The number of rotatable bonds is 5. The fourth-order valence-electron chi connectivity index (χ4n) is 2.95. The Balaban J connectivity index is 0.000000406. The van der Waals surface area contributed by atoms with E-state index in [1.165, 1.54) is 0 Å². The highest BCUT2D eigenvalue weighted by atomic mass is 19.4. The highest BCUT2D eigenvalue weighted by molar-refractivity contribution is 5.92. The third-order valence-electron chi connectivity index (χ3n) is 4.53. The second-order valence-corrected chi connectivity index (χ2v) is 6.93. The van der Waals surface area contributed by atoms with Crippen LogP contribution in [0.15, 0.2) is 78.1 Å². The zero-order valence-corrected chi connectivity index (χ0v) is 17.4. The monoisotopic (exact) mass is 473 g/mol. The maximum Gasteiger partial charge on any atom is 0.490 e. The van der Waals surface area contributed by atoms with Gasteiger partial charge in [-0.3, -0.25) is 9.59 Å². The van der Waals surface area contributed by atoms with Crippen LogP contribution in [0.3, 0.4) is 0 Å². The van der Waals surface area contributed by atoms with Crippen LogP contribution in [-0.4, -0.2) is 42.7 Å². The van der Waals surface area contributed by atoms with E-state index < -0.39 is 18.1 Å². The maximum atomic E-state index is 12.8. The molecule has 0 aliphatic rings. The number of carbonyl (C=O) groups excluding carboxylic acids is 1. The number of alkyl halides is 3. The summed E-state index contributed by atoms with van der Waals surface area (Å²) >= 11 is 0. The number of aromatic nitrogens is 4. The highest BCUT2D eigenvalue weighted by Gasteiger charge is 2.38. The van der Waals surface area contributed by atoms with E-state index in [-0.39, 0.29) is 17.4 Å². The van der Waals surface area contributed by atoms with Gasteiger partial charge in [0.1, 0.15) is 0 Å². The van der Waals surface area contributed by atoms with Crippen molar-refractivity contribution < 1.29 is 27.9 Å². The van der Waals surface area contributed by atoms with Crippen LogP contribution >= 0.6 is 0 Å². The third-order valence-corrected chi connectivity index (χ3v) is 4.53. The van der Waals surface area contributed by atoms with Crippen LogP contribution in [0.5, 0.6) is 0 Å². The Morgan fingerprint density at radius 1 is 1.09 bits per heavy atom. The van der Waals surface area contributed by atoms with Crippen molar-refractivity contribution in [1.82, 2.24) is 24.8 Å². The van der Waals surface area contributed by atoms with Gasteiger partial charge in [-0.25, -0.2) is 14.8 Å². The third kappa shape index (κ3) is 6.28. The number of carboxylic acid groups (broad SMARTS) is 1. The smallest absolute Gasteiger partial charge is 0.475 e. The molecule has 9 nitrogen and oxygen atoms in total. The van der Waals surface area contributed by atoms with Gasteiger partial charge >= 0.3 is 12.1 Å². The molecule has 4 aromatic rings. The number of benzene rings is 2. The van der Waals surface area contributed by atoms with Gasteiger partial charge in [0.2, 0.25) is 0 Å². The first-order valence-corrected chi connectivity index (χ1v) is 9.76. The Labute approximate surface area is 189 Å².